The molecule has 1 aromatic rings. The van der Waals surface area contributed by atoms with E-state index in [4.69, 9.17) is 9.47 Å². The SMILES string of the molecule is COc1ccc(C23CCN(C)C2CC2(CCSC2)CC3)cc1OC. The van der Waals surface area contributed by atoms with Crippen LogP contribution in [0.25, 0.3) is 0 Å². The maximum atomic E-state index is 5.59. The lowest BCUT2D eigenvalue weighted by atomic mass is 9.58. The molecule has 0 bridgehead atoms. The molecule has 2 saturated heterocycles. The van der Waals surface area contributed by atoms with Crippen LogP contribution in [-0.2, 0) is 5.41 Å². The number of likely N-dealkylation sites (tertiary alicyclic amines) is 1. The molecule has 3 atom stereocenters. The van der Waals surface area contributed by atoms with Crippen molar-refractivity contribution in [1.29, 1.82) is 0 Å². The lowest BCUT2D eigenvalue weighted by Gasteiger charge is -2.49. The highest BCUT2D eigenvalue weighted by molar-refractivity contribution is 7.99. The van der Waals surface area contributed by atoms with Crippen molar-refractivity contribution in [3.63, 3.8) is 0 Å². The monoisotopic (exact) mass is 347 g/mol. The summed E-state index contributed by atoms with van der Waals surface area (Å²) >= 11 is 2.17. The van der Waals surface area contributed by atoms with E-state index in [-0.39, 0.29) is 0 Å². The number of hydrogen-bond acceptors (Lipinski definition) is 4. The highest BCUT2D eigenvalue weighted by Crippen LogP contribution is 2.57. The van der Waals surface area contributed by atoms with E-state index in [0.29, 0.717) is 16.9 Å². The minimum Gasteiger partial charge on any atom is -0.493 e. The summed E-state index contributed by atoms with van der Waals surface area (Å²) in [4.78, 5) is 2.63. The first kappa shape index (κ1) is 16.6. The third-order valence-electron chi connectivity index (χ3n) is 6.95. The molecule has 4 rings (SSSR count). The summed E-state index contributed by atoms with van der Waals surface area (Å²) in [7, 11) is 5.78. The fourth-order valence-corrected chi connectivity index (χ4v) is 6.96. The van der Waals surface area contributed by atoms with E-state index in [1.807, 2.05) is 0 Å². The predicted molar refractivity (Wildman–Crippen MR) is 100 cm³/mol. The molecule has 0 amide bonds. The summed E-state index contributed by atoms with van der Waals surface area (Å²) in [6.07, 6.45) is 6.76. The van der Waals surface area contributed by atoms with Crippen LogP contribution in [0.5, 0.6) is 11.5 Å². The van der Waals surface area contributed by atoms with Crippen LogP contribution < -0.4 is 9.47 Å². The molecule has 1 aliphatic carbocycles. The average Bonchev–Trinajstić information content (AvgIpc) is 3.21. The number of ether oxygens (including phenoxy) is 2. The Morgan fingerprint density at radius 1 is 1.08 bits per heavy atom. The van der Waals surface area contributed by atoms with Crippen LogP contribution in [0.3, 0.4) is 0 Å². The van der Waals surface area contributed by atoms with Crippen molar-refractivity contribution < 1.29 is 9.47 Å². The lowest BCUT2D eigenvalue weighted by molar-refractivity contribution is 0.0860. The molecule has 3 unspecified atom stereocenters. The summed E-state index contributed by atoms with van der Waals surface area (Å²) in [5, 5.41) is 0. The third kappa shape index (κ3) is 2.45. The minimum atomic E-state index is 0.298. The second kappa shape index (κ2) is 6.14. The Hall–Kier alpha value is -0.870. The van der Waals surface area contributed by atoms with Gasteiger partial charge in [-0.05, 0) is 80.3 Å². The lowest BCUT2D eigenvalue weighted by Crippen LogP contribution is -2.49. The molecular weight excluding hydrogens is 318 g/mol. The van der Waals surface area contributed by atoms with Gasteiger partial charge in [0.1, 0.15) is 0 Å². The Kier molecular flexibility index (Phi) is 4.24. The molecule has 0 radical (unpaired) electrons. The molecule has 1 spiro atoms. The van der Waals surface area contributed by atoms with Gasteiger partial charge in [0.2, 0.25) is 0 Å². The molecule has 3 nitrogen and oxygen atoms in total. The van der Waals surface area contributed by atoms with E-state index in [1.54, 1.807) is 14.2 Å². The Labute approximate surface area is 150 Å². The number of hydrogen-bond donors (Lipinski definition) is 0. The van der Waals surface area contributed by atoms with Crippen molar-refractivity contribution in [2.24, 2.45) is 5.41 Å². The topological polar surface area (TPSA) is 21.7 Å². The Balaban J connectivity index is 1.70. The van der Waals surface area contributed by atoms with Gasteiger partial charge >= 0.3 is 0 Å². The van der Waals surface area contributed by atoms with Gasteiger partial charge in [0, 0.05) is 11.5 Å². The molecule has 3 aliphatic rings. The zero-order valence-corrected chi connectivity index (χ0v) is 16.0. The van der Waals surface area contributed by atoms with Gasteiger partial charge in [0.25, 0.3) is 0 Å². The number of fused-ring (bicyclic) bond motifs is 1. The van der Waals surface area contributed by atoms with E-state index >= 15 is 0 Å². The van der Waals surface area contributed by atoms with Crippen molar-refractivity contribution in [3.05, 3.63) is 23.8 Å². The van der Waals surface area contributed by atoms with E-state index in [1.165, 1.54) is 55.7 Å². The summed E-state index contributed by atoms with van der Waals surface area (Å²) in [5.41, 5.74) is 2.36. The molecule has 3 fully saturated rings. The van der Waals surface area contributed by atoms with Gasteiger partial charge in [0.05, 0.1) is 14.2 Å². The molecule has 2 aliphatic heterocycles. The van der Waals surface area contributed by atoms with Crippen molar-refractivity contribution in [2.45, 2.75) is 43.6 Å². The Bertz CT molecular complexity index is 614. The number of likely N-dealkylation sites (N-methyl/N-ethyl adjacent to an activating group) is 1. The minimum absolute atomic E-state index is 0.298. The summed E-state index contributed by atoms with van der Waals surface area (Å²) in [6, 6.07) is 7.29. The van der Waals surface area contributed by atoms with Crippen molar-refractivity contribution in [3.8, 4) is 11.5 Å². The standard InChI is InChI=1S/C20H29NO2S/c1-21-10-8-20(15-4-5-16(22-2)17(12-15)23-3)7-6-19(13-18(20)21)9-11-24-14-19/h4-5,12,18H,6-11,13-14H2,1-3H3. The first-order chi connectivity index (χ1) is 11.6. The summed E-state index contributed by atoms with van der Waals surface area (Å²) < 4.78 is 11.0. The fourth-order valence-electron chi connectivity index (χ4n) is 5.40. The van der Waals surface area contributed by atoms with E-state index in [9.17, 15) is 0 Å². The first-order valence-electron chi connectivity index (χ1n) is 9.13. The van der Waals surface area contributed by atoms with Crippen LogP contribution in [0.15, 0.2) is 18.2 Å². The van der Waals surface area contributed by atoms with Crippen LogP contribution in [0.4, 0.5) is 0 Å². The van der Waals surface area contributed by atoms with Gasteiger partial charge in [-0.15, -0.1) is 0 Å². The van der Waals surface area contributed by atoms with Crippen molar-refractivity contribution >= 4 is 11.8 Å². The smallest absolute Gasteiger partial charge is 0.161 e. The Morgan fingerprint density at radius 3 is 2.62 bits per heavy atom. The van der Waals surface area contributed by atoms with Crippen LogP contribution in [0, 0.1) is 5.41 Å². The zero-order valence-electron chi connectivity index (χ0n) is 15.1. The van der Waals surface area contributed by atoms with Crippen LogP contribution in [-0.4, -0.2) is 50.3 Å². The Morgan fingerprint density at radius 2 is 1.92 bits per heavy atom. The van der Waals surface area contributed by atoms with Gasteiger partial charge in [-0.3, -0.25) is 0 Å². The van der Waals surface area contributed by atoms with Gasteiger partial charge in [-0.25, -0.2) is 0 Å². The molecule has 4 heteroatoms. The number of thioether (sulfide) groups is 1. The maximum Gasteiger partial charge on any atom is 0.161 e. The second-order valence-corrected chi connectivity index (χ2v) is 9.08. The number of benzene rings is 1. The molecule has 1 saturated carbocycles. The normalized spacial score (nSPS) is 36.0. The van der Waals surface area contributed by atoms with Crippen molar-refractivity contribution in [1.82, 2.24) is 4.90 Å². The van der Waals surface area contributed by atoms with Gasteiger partial charge in [0.15, 0.2) is 11.5 Å². The van der Waals surface area contributed by atoms with Gasteiger partial charge < -0.3 is 14.4 Å². The highest BCUT2D eigenvalue weighted by Gasteiger charge is 2.55. The summed E-state index contributed by atoms with van der Waals surface area (Å²) in [5.74, 6) is 4.44. The van der Waals surface area contributed by atoms with Gasteiger partial charge in [-0.1, -0.05) is 6.07 Å². The molecular formula is C20H29NO2S. The van der Waals surface area contributed by atoms with E-state index in [0.717, 1.165) is 11.5 Å². The number of nitrogens with zero attached hydrogens (tertiary/aromatic N) is 1. The van der Waals surface area contributed by atoms with E-state index in [2.05, 4.69) is 41.9 Å². The second-order valence-electron chi connectivity index (χ2n) is 7.98. The molecule has 24 heavy (non-hydrogen) atoms. The fraction of sp³-hybridized carbons (Fsp3) is 0.700. The molecule has 132 valence electrons. The van der Waals surface area contributed by atoms with Crippen molar-refractivity contribution in [2.75, 3.05) is 39.3 Å². The number of methoxy groups -OCH3 is 2. The molecule has 0 aromatic heterocycles. The number of rotatable bonds is 3. The largest absolute Gasteiger partial charge is 0.493 e. The first-order valence-corrected chi connectivity index (χ1v) is 10.3. The average molecular weight is 348 g/mol. The summed E-state index contributed by atoms with van der Waals surface area (Å²) in [6.45, 7) is 1.21. The highest BCUT2D eigenvalue weighted by atomic mass is 32.2. The quantitative estimate of drug-likeness (QED) is 0.825. The molecule has 2 heterocycles. The zero-order chi connectivity index (χ0) is 16.8. The maximum absolute atomic E-state index is 5.59. The van der Waals surface area contributed by atoms with Crippen LogP contribution in [0.2, 0.25) is 0 Å². The van der Waals surface area contributed by atoms with Gasteiger partial charge in [-0.2, -0.15) is 11.8 Å². The van der Waals surface area contributed by atoms with E-state index < -0.39 is 0 Å². The third-order valence-corrected chi connectivity index (χ3v) is 8.26. The predicted octanol–water partition coefficient (Wildman–Crippen LogP) is 3.95. The molecule has 1 aromatic carbocycles. The van der Waals surface area contributed by atoms with Crippen LogP contribution in [0.1, 0.15) is 37.7 Å². The molecule has 0 N–H and O–H groups in total. The van der Waals surface area contributed by atoms with Crippen LogP contribution >= 0.6 is 11.8 Å².